The number of ether oxygens (including phenoxy) is 2. The van der Waals surface area contributed by atoms with Crippen LogP contribution in [0.25, 0.3) is 0 Å². The first-order valence-electron chi connectivity index (χ1n) is 11.8. The SMILES string of the molecule is CCCC[C@H](NC(=O)[C@H](CC(C)C)NC(=O)OCc1ccccc1)C(=O)COCc1ccsc1. The molecule has 2 atom stereocenters. The van der Waals surface area contributed by atoms with E-state index >= 15 is 0 Å². The van der Waals surface area contributed by atoms with Crippen molar-refractivity contribution in [2.24, 2.45) is 5.92 Å². The second-order valence-corrected chi connectivity index (χ2v) is 9.46. The maximum atomic E-state index is 13.1. The van der Waals surface area contributed by atoms with E-state index in [0.29, 0.717) is 19.4 Å². The summed E-state index contributed by atoms with van der Waals surface area (Å²) in [5.41, 5.74) is 1.87. The Labute approximate surface area is 206 Å². The molecule has 0 saturated heterocycles. The van der Waals surface area contributed by atoms with Gasteiger partial charge in [0.15, 0.2) is 5.78 Å². The Morgan fingerprint density at radius 2 is 1.74 bits per heavy atom. The van der Waals surface area contributed by atoms with Crippen LogP contribution in [0.4, 0.5) is 4.79 Å². The van der Waals surface area contributed by atoms with Gasteiger partial charge in [-0.1, -0.05) is 63.9 Å². The van der Waals surface area contributed by atoms with Gasteiger partial charge in [0.25, 0.3) is 0 Å². The summed E-state index contributed by atoms with van der Waals surface area (Å²) in [5, 5.41) is 9.44. The summed E-state index contributed by atoms with van der Waals surface area (Å²) in [5.74, 6) is -0.409. The third kappa shape index (κ3) is 10.5. The topological polar surface area (TPSA) is 93.7 Å². The quantitative estimate of drug-likeness (QED) is 0.374. The Hall–Kier alpha value is -2.71. The minimum absolute atomic E-state index is 0.0775. The largest absolute Gasteiger partial charge is 0.445 e. The lowest BCUT2D eigenvalue weighted by atomic mass is 10.0. The minimum Gasteiger partial charge on any atom is -0.445 e. The molecule has 2 N–H and O–H groups in total. The van der Waals surface area contributed by atoms with Gasteiger partial charge in [-0.3, -0.25) is 9.59 Å². The lowest BCUT2D eigenvalue weighted by Gasteiger charge is -2.24. The van der Waals surface area contributed by atoms with Gasteiger partial charge in [0, 0.05) is 0 Å². The van der Waals surface area contributed by atoms with E-state index in [2.05, 4.69) is 10.6 Å². The number of nitrogens with one attached hydrogen (secondary N) is 2. The second-order valence-electron chi connectivity index (χ2n) is 8.68. The van der Waals surface area contributed by atoms with E-state index in [-0.39, 0.29) is 24.9 Å². The van der Waals surface area contributed by atoms with E-state index in [4.69, 9.17) is 9.47 Å². The van der Waals surface area contributed by atoms with Crippen molar-refractivity contribution in [1.29, 1.82) is 0 Å². The van der Waals surface area contributed by atoms with Crippen LogP contribution in [0.15, 0.2) is 47.2 Å². The molecule has 1 aromatic carbocycles. The molecule has 2 aromatic rings. The average Bonchev–Trinajstić information content (AvgIpc) is 3.33. The third-order valence-corrected chi connectivity index (χ3v) is 5.91. The highest BCUT2D eigenvalue weighted by Gasteiger charge is 2.27. The molecule has 34 heavy (non-hydrogen) atoms. The van der Waals surface area contributed by atoms with Crippen LogP contribution in [0.5, 0.6) is 0 Å². The fourth-order valence-electron chi connectivity index (χ4n) is 3.35. The fourth-order valence-corrected chi connectivity index (χ4v) is 4.00. The van der Waals surface area contributed by atoms with Crippen LogP contribution in [0.2, 0.25) is 0 Å². The molecule has 2 rings (SSSR count). The number of amides is 2. The lowest BCUT2D eigenvalue weighted by molar-refractivity contribution is -0.131. The lowest BCUT2D eigenvalue weighted by Crippen LogP contribution is -2.52. The zero-order valence-corrected chi connectivity index (χ0v) is 21.1. The predicted octanol–water partition coefficient (Wildman–Crippen LogP) is 4.85. The second kappa shape index (κ2) is 15.2. The summed E-state index contributed by atoms with van der Waals surface area (Å²) >= 11 is 1.57. The van der Waals surface area contributed by atoms with Gasteiger partial charge >= 0.3 is 6.09 Å². The molecule has 0 spiro atoms. The van der Waals surface area contributed by atoms with Crippen molar-refractivity contribution in [3.63, 3.8) is 0 Å². The number of alkyl carbamates (subject to hydrolysis) is 1. The summed E-state index contributed by atoms with van der Waals surface area (Å²) in [7, 11) is 0. The highest BCUT2D eigenvalue weighted by Crippen LogP contribution is 2.10. The number of carbonyl (C=O) groups excluding carboxylic acids is 3. The summed E-state index contributed by atoms with van der Waals surface area (Å²) in [4.78, 5) is 38.2. The number of hydrogen-bond acceptors (Lipinski definition) is 6. The molecule has 0 aliphatic heterocycles. The number of hydrogen-bond donors (Lipinski definition) is 2. The van der Waals surface area contributed by atoms with E-state index in [0.717, 1.165) is 24.0 Å². The fraction of sp³-hybridized carbons (Fsp3) is 0.500. The zero-order valence-electron chi connectivity index (χ0n) is 20.3. The van der Waals surface area contributed by atoms with Gasteiger partial charge in [-0.2, -0.15) is 11.3 Å². The Balaban J connectivity index is 1.93. The maximum Gasteiger partial charge on any atom is 0.408 e. The molecule has 0 aliphatic carbocycles. The number of Topliss-reactive ketones (excluding diaryl/α,β-unsaturated/α-hetero) is 1. The molecule has 0 bridgehead atoms. The Morgan fingerprint density at radius 3 is 2.38 bits per heavy atom. The van der Waals surface area contributed by atoms with Crippen LogP contribution in [-0.4, -0.2) is 36.5 Å². The van der Waals surface area contributed by atoms with E-state index in [1.165, 1.54) is 0 Å². The molecule has 1 aromatic heterocycles. The van der Waals surface area contributed by atoms with E-state index < -0.39 is 24.1 Å². The van der Waals surface area contributed by atoms with Crippen LogP contribution in [-0.2, 0) is 32.3 Å². The molecule has 7 nitrogen and oxygen atoms in total. The van der Waals surface area contributed by atoms with Crippen LogP contribution >= 0.6 is 11.3 Å². The Morgan fingerprint density at radius 1 is 0.971 bits per heavy atom. The number of carbonyl (C=O) groups is 3. The van der Waals surface area contributed by atoms with Gasteiger partial charge in [0.05, 0.1) is 12.6 Å². The van der Waals surface area contributed by atoms with Gasteiger partial charge < -0.3 is 20.1 Å². The smallest absolute Gasteiger partial charge is 0.408 e. The Kier molecular flexibility index (Phi) is 12.3. The normalized spacial score (nSPS) is 12.7. The van der Waals surface area contributed by atoms with Crippen molar-refractivity contribution in [3.05, 3.63) is 58.3 Å². The Bertz CT molecular complexity index is 871. The van der Waals surface area contributed by atoms with E-state index in [1.54, 1.807) is 11.3 Å². The highest BCUT2D eigenvalue weighted by molar-refractivity contribution is 7.07. The molecule has 0 unspecified atom stereocenters. The minimum atomic E-state index is -0.799. The number of unbranched alkanes of at least 4 members (excludes halogenated alkanes) is 1. The maximum absolute atomic E-state index is 13.1. The third-order valence-electron chi connectivity index (χ3n) is 5.17. The van der Waals surface area contributed by atoms with Crippen molar-refractivity contribution in [2.45, 2.75) is 71.8 Å². The summed E-state index contributed by atoms with van der Waals surface area (Å²) in [6, 6.07) is 9.82. The van der Waals surface area contributed by atoms with Gasteiger partial charge in [-0.15, -0.1) is 0 Å². The molecule has 186 valence electrons. The van der Waals surface area contributed by atoms with Crippen molar-refractivity contribution >= 4 is 29.1 Å². The summed E-state index contributed by atoms with van der Waals surface area (Å²) in [6.45, 7) is 6.36. The molecule has 0 saturated carbocycles. The molecular weight excluding hydrogens is 452 g/mol. The molecule has 2 amide bonds. The molecule has 1 heterocycles. The van der Waals surface area contributed by atoms with Gasteiger partial charge in [-0.25, -0.2) is 4.79 Å². The van der Waals surface area contributed by atoms with E-state index in [1.807, 2.05) is 67.9 Å². The number of benzene rings is 1. The average molecular weight is 489 g/mol. The number of rotatable bonds is 15. The first-order valence-corrected chi connectivity index (χ1v) is 12.7. The zero-order chi connectivity index (χ0) is 24.8. The molecule has 8 heteroatoms. The summed E-state index contributed by atoms with van der Waals surface area (Å²) < 4.78 is 10.8. The van der Waals surface area contributed by atoms with Crippen molar-refractivity contribution in [2.75, 3.05) is 6.61 Å². The standard InChI is InChI=1S/C26H36N2O5S/c1-4-5-11-22(24(29)17-32-15-21-12-13-34-18-21)27-25(30)23(14-19(2)3)28-26(31)33-16-20-9-7-6-8-10-20/h6-10,12-13,18-19,22-23H,4-5,11,14-17H2,1-3H3,(H,27,30)(H,28,31)/t22-,23-/m0/s1. The van der Waals surface area contributed by atoms with Crippen LogP contribution in [0.3, 0.4) is 0 Å². The first-order chi connectivity index (χ1) is 16.4. The summed E-state index contributed by atoms with van der Waals surface area (Å²) in [6.07, 6.45) is 1.98. The highest BCUT2D eigenvalue weighted by atomic mass is 32.1. The predicted molar refractivity (Wildman–Crippen MR) is 133 cm³/mol. The molecule has 0 aliphatic rings. The molecule has 0 fully saturated rings. The van der Waals surface area contributed by atoms with Gasteiger partial charge in [-0.05, 0) is 46.7 Å². The van der Waals surface area contributed by atoms with Crippen molar-refractivity contribution in [3.8, 4) is 0 Å². The van der Waals surface area contributed by atoms with Crippen LogP contribution < -0.4 is 10.6 Å². The monoisotopic (exact) mass is 488 g/mol. The van der Waals surface area contributed by atoms with Crippen molar-refractivity contribution in [1.82, 2.24) is 10.6 Å². The van der Waals surface area contributed by atoms with Crippen LogP contribution in [0, 0.1) is 5.92 Å². The molecule has 0 radical (unpaired) electrons. The van der Waals surface area contributed by atoms with E-state index in [9.17, 15) is 14.4 Å². The number of ketones is 1. The first kappa shape index (κ1) is 27.5. The van der Waals surface area contributed by atoms with Gasteiger partial charge in [0.1, 0.15) is 19.3 Å². The van der Waals surface area contributed by atoms with Crippen LogP contribution in [0.1, 0.15) is 57.6 Å². The van der Waals surface area contributed by atoms with Crippen molar-refractivity contribution < 1.29 is 23.9 Å². The van der Waals surface area contributed by atoms with Gasteiger partial charge in [0.2, 0.25) is 5.91 Å². The number of thiophene rings is 1. The molecular formula is C26H36N2O5S.